The van der Waals surface area contributed by atoms with Gasteiger partial charge in [-0.25, -0.2) is 4.79 Å². The lowest BCUT2D eigenvalue weighted by Gasteiger charge is -2.43. The maximum Gasteiger partial charge on any atom is 0.315 e. The summed E-state index contributed by atoms with van der Waals surface area (Å²) in [5.41, 5.74) is 2.88. The molecule has 4 fully saturated rings. The fourth-order valence-corrected chi connectivity index (χ4v) is 7.66. The maximum atomic E-state index is 14.7. The fraction of sp³-hybridized carbons (Fsp3) is 0.757. The monoisotopic (exact) mass is 680 g/mol. The van der Waals surface area contributed by atoms with E-state index in [-0.39, 0.29) is 41.8 Å². The van der Waals surface area contributed by atoms with Crippen LogP contribution in [-0.4, -0.2) is 95.1 Å². The zero-order chi connectivity index (χ0) is 35.5. The average molecular weight is 681 g/mol. The standard InChI is InChI=1S/C37H56N6O6/c1-6-12-26(30(45)33(47)38-24-15-16-24)39-32(46)29-25-17-14-23(25)21-43(29)34(48)31(37(5)18-9-7-10-19-37)41-35(49)40-27(36(2,3)4)22-42-20-11-8-13-28(42)44/h14,23-24,26-27,29,31H,6-13,15-16,18-22H2,1-5H3,(H,38,47)(H,39,46)(H2,40,41,49)/t23?,26?,27-,29+,31-/m1/s1. The minimum atomic E-state index is -1.01. The summed E-state index contributed by atoms with van der Waals surface area (Å²) in [7, 11) is 0. The Morgan fingerprint density at radius 1 is 1.00 bits per heavy atom. The largest absolute Gasteiger partial charge is 0.347 e. The van der Waals surface area contributed by atoms with Crippen molar-refractivity contribution in [1.82, 2.24) is 31.1 Å². The molecular weight excluding hydrogens is 624 g/mol. The van der Waals surface area contributed by atoms with Gasteiger partial charge in [-0.05, 0) is 61.9 Å². The molecule has 12 nitrogen and oxygen atoms in total. The first-order chi connectivity index (χ1) is 23.2. The van der Waals surface area contributed by atoms with Gasteiger partial charge in [0.05, 0.1) is 12.1 Å². The molecule has 5 aliphatic rings. The molecule has 12 heteroatoms. The molecule has 0 aromatic rings. The third-order valence-corrected chi connectivity index (χ3v) is 11.1. The topological polar surface area (TPSA) is 157 Å². The molecule has 5 rings (SSSR count). The van der Waals surface area contributed by atoms with Gasteiger partial charge in [0.15, 0.2) is 0 Å². The first kappa shape index (κ1) is 36.6. The Balaban J connectivity index is 1.34. The molecule has 0 bridgehead atoms. The Bertz CT molecular complexity index is 1390. The number of likely N-dealkylation sites (tertiary alicyclic amines) is 2. The highest BCUT2D eigenvalue weighted by molar-refractivity contribution is 6.38. The van der Waals surface area contributed by atoms with E-state index in [2.05, 4.69) is 27.0 Å². The van der Waals surface area contributed by atoms with Gasteiger partial charge in [0.1, 0.15) is 12.1 Å². The van der Waals surface area contributed by atoms with Gasteiger partial charge in [0.25, 0.3) is 5.91 Å². The van der Waals surface area contributed by atoms with Crippen LogP contribution >= 0.6 is 0 Å². The average Bonchev–Trinajstić information content (AvgIpc) is 3.81. The minimum absolute atomic E-state index is 0.0112. The highest BCUT2D eigenvalue weighted by Gasteiger charge is 2.51. The van der Waals surface area contributed by atoms with Crippen LogP contribution in [0.5, 0.6) is 0 Å². The van der Waals surface area contributed by atoms with Crippen LogP contribution in [0, 0.1) is 16.7 Å². The van der Waals surface area contributed by atoms with Crippen LogP contribution in [0.25, 0.3) is 0 Å². The molecule has 2 saturated carbocycles. The molecule has 2 saturated heterocycles. The van der Waals surface area contributed by atoms with Crippen molar-refractivity contribution in [2.75, 3.05) is 19.6 Å². The summed E-state index contributed by atoms with van der Waals surface area (Å²) in [6.45, 7) is 11.3. The van der Waals surface area contributed by atoms with Gasteiger partial charge in [0.2, 0.25) is 23.5 Å². The van der Waals surface area contributed by atoms with E-state index in [1.165, 1.54) is 4.90 Å². The normalized spacial score (nSPS) is 24.8. The van der Waals surface area contributed by atoms with E-state index in [1.807, 2.05) is 45.6 Å². The zero-order valence-electron chi connectivity index (χ0n) is 30.0. The summed E-state index contributed by atoms with van der Waals surface area (Å²) in [4.78, 5) is 84.2. The van der Waals surface area contributed by atoms with Gasteiger partial charge in [-0.1, -0.05) is 60.3 Å². The number of ketones is 1. The number of hydrogen-bond donors (Lipinski definition) is 4. The van der Waals surface area contributed by atoms with Crippen molar-refractivity contribution in [1.29, 1.82) is 0 Å². The second-order valence-electron chi connectivity index (χ2n) is 16.2. The summed E-state index contributed by atoms with van der Waals surface area (Å²) in [5, 5.41) is 11.7. The second-order valence-corrected chi connectivity index (χ2v) is 16.2. The second kappa shape index (κ2) is 15.1. The van der Waals surface area contributed by atoms with Crippen molar-refractivity contribution in [3.63, 3.8) is 0 Å². The SMILES string of the molecule is CCCC(NC(=O)[C@@H]1C2=C=CC2CN1C(=O)[C@@H](NC(=O)N[C@H](CN1CCCCC1=O)C(C)(C)C)C1(C)CCCCC1)C(=O)C(=O)NC1CC1. The van der Waals surface area contributed by atoms with Gasteiger partial charge in [-0.3, -0.25) is 24.0 Å². The van der Waals surface area contributed by atoms with E-state index in [4.69, 9.17) is 0 Å². The molecule has 3 aliphatic carbocycles. The van der Waals surface area contributed by atoms with Crippen LogP contribution in [0.2, 0.25) is 0 Å². The lowest BCUT2D eigenvalue weighted by Crippen LogP contribution is -2.63. The first-order valence-corrected chi connectivity index (χ1v) is 18.5. The van der Waals surface area contributed by atoms with Crippen molar-refractivity contribution >= 4 is 35.4 Å². The molecule has 0 radical (unpaired) electrons. The molecule has 5 atom stereocenters. The predicted octanol–water partition coefficient (Wildman–Crippen LogP) is 3.11. The smallest absolute Gasteiger partial charge is 0.315 e. The van der Waals surface area contributed by atoms with Crippen molar-refractivity contribution < 1.29 is 28.8 Å². The number of piperidine rings is 1. The Labute approximate surface area is 290 Å². The van der Waals surface area contributed by atoms with Gasteiger partial charge in [-0.15, -0.1) is 5.73 Å². The van der Waals surface area contributed by atoms with Crippen molar-refractivity contribution in [2.45, 2.75) is 142 Å². The quantitative estimate of drug-likeness (QED) is 0.173. The van der Waals surface area contributed by atoms with Crippen LogP contribution in [0.1, 0.15) is 112 Å². The van der Waals surface area contributed by atoms with Crippen molar-refractivity contribution in [3.05, 3.63) is 17.4 Å². The number of amides is 6. The summed E-state index contributed by atoms with van der Waals surface area (Å²) in [6, 6.07) is -3.73. The van der Waals surface area contributed by atoms with Crippen LogP contribution in [0.15, 0.2) is 17.4 Å². The van der Waals surface area contributed by atoms with Gasteiger partial charge in [-0.2, -0.15) is 0 Å². The maximum absolute atomic E-state index is 14.7. The fourth-order valence-electron chi connectivity index (χ4n) is 7.66. The minimum Gasteiger partial charge on any atom is -0.347 e. The molecule has 0 aromatic carbocycles. The Hall–Kier alpha value is -3.66. The van der Waals surface area contributed by atoms with Crippen LogP contribution < -0.4 is 21.3 Å². The third kappa shape index (κ3) is 8.56. The molecule has 2 aliphatic heterocycles. The molecule has 270 valence electrons. The Morgan fingerprint density at radius 3 is 2.31 bits per heavy atom. The highest BCUT2D eigenvalue weighted by atomic mass is 16.2. The van der Waals surface area contributed by atoms with E-state index in [0.29, 0.717) is 37.9 Å². The zero-order valence-corrected chi connectivity index (χ0v) is 30.0. The molecule has 6 amide bonds. The summed E-state index contributed by atoms with van der Waals surface area (Å²) < 4.78 is 0. The van der Waals surface area contributed by atoms with Gasteiger partial charge < -0.3 is 31.1 Å². The lowest BCUT2D eigenvalue weighted by molar-refractivity contribution is -0.144. The number of Topliss-reactive ketones (excluding diaryl/α,β-unsaturated/α-hetero) is 1. The number of carbonyl (C=O) groups excluding carboxylic acids is 6. The van der Waals surface area contributed by atoms with E-state index >= 15 is 0 Å². The highest BCUT2D eigenvalue weighted by Crippen LogP contribution is 2.42. The van der Waals surface area contributed by atoms with Gasteiger partial charge >= 0.3 is 6.03 Å². The molecule has 2 unspecified atom stereocenters. The van der Waals surface area contributed by atoms with Gasteiger partial charge in [0, 0.05) is 43.6 Å². The van der Waals surface area contributed by atoms with E-state index < -0.39 is 47.2 Å². The summed E-state index contributed by atoms with van der Waals surface area (Å²) >= 11 is 0. The molecule has 2 heterocycles. The molecule has 0 aromatic heterocycles. The van der Waals surface area contributed by atoms with E-state index in [0.717, 1.165) is 57.8 Å². The number of nitrogens with zero attached hydrogens (tertiary/aromatic N) is 2. The van der Waals surface area contributed by atoms with Crippen LogP contribution in [0.4, 0.5) is 4.79 Å². The number of rotatable bonds is 13. The number of nitrogens with one attached hydrogen (secondary N) is 4. The van der Waals surface area contributed by atoms with Crippen LogP contribution in [-0.2, 0) is 24.0 Å². The summed E-state index contributed by atoms with van der Waals surface area (Å²) in [6.07, 6.45) is 11.1. The lowest BCUT2D eigenvalue weighted by atomic mass is 9.70. The Morgan fingerprint density at radius 2 is 1.71 bits per heavy atom. The number of urea groups is 1. The Kier molecular flexibility index (Phi) is 11.3. The number of carbonyl (C=O) groups is 6. The van der Waals surface area contributed by atoms with E-state index in [9.17, 15) is 28.8 Å². The summed E-state index contributed by atoms with van der Waals surface area (Å²) in [5.74, 6) is -2.29. The molecule has 4 N–H and O–H groups in total. The van der Waals surface area contributed by atoms with E-state index in [1.54, 1.807) is 0 Å². The van der Waals surface area contributed by atoms with Crippen molar-refractivity contribution in [2.24, 2.45) is 16.7 Å². The molecule has 0 spiro atoms. The van der Waals surface area contributed by atoms with Crippen LogP contribution in [0.3, 0.4) is 0 Å². The third-order valence-electron chi connectivity index (χ3n) is 11.1. The first-order valence-electron chi connectivity index (χ1n) is 18.5. The molecular formula is C37H56N6O6. The molecule has 49 heavy (non-hydrogen) atoms. The number of fused-ring (bicyclic) bond motifs is 1. The number of hydrogen-bond acceptors (Lipinski definition) is 6. The predicted molar refractivity (Wildman–Crippen MR) is 184 cm³/mol. The van der Waals surface area contributed by atoms with Crippen molar-refractivity contribution in [3.8, 4) is 0 Å².